The van der Waals surface area contributed by atoms with Gasteiger partial charge in [0.05, 0.1) is 19.8 Å². The SMILES string of the molecule is CCNC(=NCc1cccc(OC)c1)NCCCOC1CCOCC1. The molecule has 1 saturated heterocycles. The van der Waals surface area contributed by atoms with Gasteiger partial charge in [0.1, 0.15) is 5.75 Å². The number of hydrogen-bond acceptors (Lipinski definition) is 4. The Bertz CT molecular complexity index is 516. The van der Waals surface area contributed by atoms with Crippen LogP contribution in [0, 0.1) is 0 Å². The maximum atomic E-state index is 5.89. The zero-order valence-corrected chi connectivity index (χ0v) is 15.4. The zero-order valence-electron chi connectivity index (χ0n) is 15.4. The molecule has 1 aromatic rings. The third-order valence-corrected chi connectivity index (χ3v) is 4.03. The fraction of sp³-hybridized carbons (Fsp3) is 0.632. The van der Waals surface area contributed by atoms with E-state index in [1.165, 1.54) is 0 Å². The molecule has 0 saturated carbocycles. The van der Waals surface area contributed by atoms with E-state index in [2.05, 4.69) is 28.6 Å². The van der Waals surface area contributed by atoms with E-state index in [0.29, 0.717) is 12.6 Å². The first kappa shape index (κ1) is 19.5. The lowest BCUT2D eigenvalue weighted by Crippen LogP contribution is -2.38. The van der Waals surface area contributed by atoms with Gasteiger partial charge in [-0.15, -0.1) is 0 Å². The van der Waals surface area contributed by atoms with Gasteiger partial charge in [-0.2, -0.15) is 0 Å². The van der Waals surface area contributed by atoms with E-state index in [4.69, 9.17) is 14.2 Å². The molecule has 2 N–H and O–H groups in total. The summed E-state index contributed by atoms with van der Waals surface area (Å²) >= 11 is 0. The maximum Gasteiger partial charge on any atom is 0.191 e. The predicted molar refractivity (Wildman–Crippen MR) is 100 cm³/mol. The van der Waals surface area contributed by atoms with Gasteiger partial charge in [0.25, 0.3) is 0 Å². The molecular weight excluding hydrogens is 318 g/mol. The second-order valence-electron chi connectivity index (χ2n) is 6.01. The van der Waals surface area contributed by atoms with E-state index in [1.54, 1.807) is 7.11 Å². The molecular formula is C19H31N3O3. The van der Waals surface area contributed by atoms with E-state index < -0.39 is 0 Å². The van der Waals surface area contributed by atoms with Crippen LogP contribution in [-0.4, -0.2) is 52.1 Å². The van der Waals surface area contributed by atoms with Crippen LogP contribution in [-0.2, 0) is 16.0 Å². The summed E-state index contributed by atoms with van der Waals surface area (Å²) in [6.07, 6.45) is 3.35. The van der Waals surface area contributed by atoms with Crippen molar-refractivity contribution in [2.24, 2.45) is 4.99 Å². The number of guanidine groups is 1. The molecule has 2 rings (SSSR count). The Labute approximate surface area is 151 Å². The van der Waals surface area contributed by atoms with Gasteiger partial charge < -0.3 is 24.8 Å². The quantitative estimate of drug-likeness (QED) is 0.407. The average Bonchev–Trinajstić information content (AvgIpc) is 2.66. The van der Waals surface area contributed by atoms with Crippen LogP contribution < -0.4 is 15.4 Å². The molecule has 6 heteroatoms. The molecule has 1 fully saturated rings. The monoisotopic (exact) mass is 349 g/mol. The van der Waals surface area contributed by atoms with Crippen molar-refractivity contribution in [2.45, 2.75) is 38.8 Å². The molecule has 25 heavy (non-hydrogen) atoms. The van der Waals surface area contributed by atoms with E-state index in [-0.39, 0.29) is 0 Å². The molecule has 6 nitrogen and oxygen atoms in total. The first-order valence-electron chi connectivity index (χ1n) is 9.16. The first-order valence-corrected chi connectivity index (χ1v) is 9.16. The maximum absolute atomic E-state index is 5.89. The van der Waals surface area contributed by atoms with Crippen LogP contribution in [0.2, 0.25) is 0 Å². The van der Waals surface area contributed by atoms with Crippen LogP contribution >= 0.6 is 0 Å². The molecule has 0 spiro atoms. The van der Waals surface area contributed by atoms with Crippen LogP contribution in [0.3, 0.4) is 0 Å². The van der Waals surface area contributed by atoms with Gasteiger partial charge in [0.15, 0.2) is 5.96 Å². The van der Waals surface area contributed by atoms with Crippen LogP contribution in [0.15, 0.2) is 29.3 Å². The van der Waals surface area contributed by atoms with Crippen LogP contribution in [0.25, 0.3) is 0 Å². The summed E-state index contributed by atoms with van der Waals surface area (Å²) in [4.78, 5) is 4.63. The number of methoxy groups -OCH3 is 1. The lowest BCUT2D eigenvalue weighted by molar-refractivity contribution is -0.0320. The largest absolute Gasteiger partial charge is 0.497 e. The van der Waals surface area contributed by atoms with Crippen molar-refractivity contribution in [3.05, 3.63) is 29.8 Å². The van der Waals surface area contributed by atoms with E-state index in [9.17, 15) is 0 Å². The fourth-order valence-corrected chi connectivity index (χ4v) is 2.65. The van der Waals surface area contributed by atoms with E-state index >= 15 is 0 Å². The number of nitrogens with one attached hydrogen (secondary N) is 2. The number of aliphatic imine (C=N–C) groups is 1. The smallest absolute Gasteiger partial charge is 0.191 e. The lowest BCUT2D eigenvalue weighted by Gasteiger charge is -2.22. The minimum absolute atomic E-state index is 0.365. The topological polar surface area (TPSA) is 64.1 Å². The van der Waals surface area contributed by atoms with Crippen molar-refractivity contribution in [3.8, 4) is 5.75 Å². The normalized spacial score (nSPS) is 15.8. The molecule has 1 aliphatic heterocycles. The molecule has 0 amide bonds. The molecule has 0 aliphatic carbocycles. The minimum Gasteiger partial charge on any atom is -0.497 e. The van der Waals surface area contributed by atoms with Crippen molar-refractivity contribution in [1.82, 2.24) is 10.6 Å². The van der Waals surface area contributed by atoms with Crippen molar-refractivity contribution in [2.75, 3.05) is 40.0 Å². The highest BCUT2D eigenvalue weighted by atomic mass is 16.5. The number of rotatable bonds is 9. The number of benzene rings is 1. The molecule has 1 heterocycles. The number of nitrogens with zero attached hydrogens (tertiary/aromatic N) is 1. The van der Waals surface area contributed by atoms with Gasteiger partial charge in [0.2, 0.25) is 0 Å². The zero-order chi connectivity index (χ0) is 17.7. The summed E-state index contributed by atoms with van der Waals surface area (Å²) < 4.78 is 16.5. The van der Waals surface area contributed by atoms with Crippen molar-refractivity contribution in [3.63, 3.8) is 0 Å². The van der Waals surface area contributed by atoms with Crippen molar-refractivity contribution >= 4 is 5.96 Å². The summed E-state index contributed by atoms with van der Waals surface area (Å²) in [5.74, 6) is 1.69. The van der Waals surface area contributed by atoms with Gasteiger partial charge in [-0.05, 0) is 43.9 Å². The fourth-order valence-electron chi connectivity index (χ4n) is 2.65. The third kappa shape index (κ3) is 7.75. The van der Waals surface area contributed by atoms with E-state index in [1.807, 2.05) is 18.2 Å². The molecule has 0 atom stereocenters. The highest BCUT2D eigenvalue weighted by Crippen LogP contribution is 2.13. The summed E-state index contributed by atoms with van der Waals surface area (Å²) in [6, 6.07) is 7.99. The Balaban J connectivity index is 1.69. The first-order chi connectivity index (χ1) is 12.3. The van der Waals surface area contributed by atoms with Crippen molar-refractivity contribution in [1.29, 1.82) is 0 Å². The summed E-state index contributed by atoms with van der Waals surface area (Å²) in [5.41, 5.74) is 1.12. The molecule has 0 bridgehead atoms. The van der Waals surface area contributed by atoms with Crippen LogP contribution in [0.4, 0.5) is 0 Å². The highest BCUT2D eigenvalue weighted by Gasteiger charge is 2.13. The summed E-state index contributed by atoms with van der Waals surface area (Å²) in [5, 5.41) is 6.63. The Morgan fingerprint density at radius 1 is 1.28 bits per heavy atom. The third-order valence-electron chi connectivity index (χ3n) is 4.03. The molecule has 0 radical (unpaired) electrons. The summed E-state index contributed by atoms with van der Waals surface area (Å²) in [7, 11) is 1.68. The van der Waals surface area contributed by atoms with Gasteiger partial charge >= 0.3 is 0 Å². The Morgan fingerprint density at radius 2 is 2.12 bits per heavy atom. The lowest BCUT2D eigenvalue weighted by atomic mass is 10.1. The molecule has 1 aromatic carbocycles. The Kier molecular flexibility index (Phi) is 9.15. The second kappa shape index (κ2) is 11.7. The average molecular weight is 349 g/mol. The Hall–Kier alpha value is -1.79. The minimum atomic E-state index is 0.365. The van der Waals surface area contributed by atoms with Crippen LogP contribution in [0.1, 0.15) is 31.7 Å². The second-order valence-corrected chi connectivity index (χ2v) is 6.01. The van der Waals surface area contributed by atoms with Gasteiger partial charge in [0, 0.05) is 32.9 Å². The van der Waals surface area contributed by atoms with Gasteiger partial charge in [-0.25, -0.2) is 4.99 Å². The summed E-state index contributed by atoms with van der Waals surface area (Å²) in [6.45, 7) is 6.78. The molecule has 1 aliphatic rings. The Morgan fingerprint density at radius 3 is 2.88 bits per heavy atom. The molecule has 0 unspecified atom stereocenters. The van der Waals surface area contributed by atoms with Gasteiger partial charge in [-0.1, -0.05) is 12.1 Å². The molecule has 140 valence electrons. The van der Waals surface area contributed by atoms with Crippen LogP contribution in [0.5, 0.6) is 5.75 Å². The number of hydrogen-bond donors (Lipinski definition) is 2. The highest BCUT2D eigenvalue weighted by molar-refractivity contribution is 5.79. The predicted octanol–water partition coefficient (Wildman–Crippen LogP) is 2.34. The van der Waals surface area contributed by atoms with E-state index in [0.717, 1.165) is 69.4 Å². The van der Waals surface area contributed by atoms with Crippen molar-refractivity contribution < 1.29 is 14.2 Å². The number of ether oxygens (including phenoxy) is 3. The molecule has 0 aromatic heterocycles. The standard InChI is InChI=1S/C19H31N3O3/c1-3-20-19(22-15-16-6-4-7-18(14-16)23-2)21-10-5-11-25-17-8-12-24-13-9-17/h4,6-7,14,17H,3,5,8-13,15H2,1-2H3,(H2,20,21,22). The van der Waals surface area contributed by atoms with Gasteiger partial charge in [-0.3, -0.25) is 0 Å².